The number of carbonyl (C=O) groups excluding carboxylic acids is 2. The second-order valence-electron chi connectivity index (χ2n) is 11.3. The Morgan fingerprint density at radius 1 is 1.22 bits per heavy atom. The molecule has 1 heterocycles. The van der Waals surface area contributed by atoms with Gasteiger partial charge in [0.1, 0.15) is 11.6 Å². The van der Waals surface area contributed by atoms with Crippen LogP contribution in [-0.2, 0) is 28.0 Å². The Hall–Kier alpha value is -1.29. The van der Waals surface area contributed by atoms with Crippen molar-refractivity contribution in [2.24, 2.45) is 5.41 Å². The lowest BCUT2D eigenvalue weighted by molar-refractivity contribution is -0.128. The number of carbonyl (C=O) groups is 2. The highest BCUT2D eigenvalue weighted by molar-refractivity contribution is 8.93. The second kappa shape index (κ2) is 13.7. The fourth-order valence-corrected chi connectivity index (χ4v) is 4.70. The summed E-state index contributed by atoms with van der Waals surface area (Å²) in [6, 6.07) is 2.77. The molecule has 0 saturated carbocycles. The molecule has 1 aromatic carbocycles. The van der Waals surface area contributed by atoms with E-state index in [9.17, 15) is 14.0 Å². The molecular formula is C27H40Br2ClFN4O2. The minimum absolute atomic E-state index is 0. The summed E-state index contributed by atoms with van der Waals surface area (Å²) in [7, 11) is 0. The average Bonchev–Trinajstić information content (AvgIpc) is 3.22. The molecule has 1 aliphatic carbocycles. The third kappa shape index (κ3) is 8.87. The molecule has 0 aliphatic heterocycles. The summed E-state index contributed by atoms with van der Waals surface area (Å²) >= 11 is 6.00. The van der Waals surface area contributed by atoms with Gasteiger partial charge in [-0.2, -0.15) is 0 Å². The van der Waals surface area contributed by atoms with Gasteiger partial charge in [0, 0.05) is 34.6 Å². The highest BCUT2D eigenvalue weighted by Crippen LogP contribution is 2.29. The highest BCUT2D eigenvalue weighted by atomic mass is 79.9. The van der Waals surface area contributed by atoms with Crippen molar-refractivity contribution in [3.05, 3.63) is 46.6 Å². The number of ketones is 1. The van der Waals surface area contributed by atoms with Gasteiger partial charge in [-0.05, 0) is 62.8 Å². The lowest BCUT2D eigenvalue weighted by Crippen LogP contribution is -2.48. The number of aryl methyl sites for hydroxylation is 1. The van der Waals surface area contributed by atoms with E-state index in [1.165, 1.54) is 6.07 Å². The van der Waals surface area contributed by atoms with Crippen LogP contribution in [0.2, 0.25) is 5.02 Å². The number of hydrogen-bond acceptors (Lipinski definition) is 4. The third-order valence-corrected chi connectivity index (χ3v) is 6.98. The van der Waals surface area contributed by atoms with Gasteiger partial charge >= 0.3 is 0 Å². The maximum atomic E-state index is 14.5. The number of fused-ring (bicyclic) bond motifs is 1. The number of rotatable bonds is 9. The van der Waals surface area contributed by atoms with Gasteiger partial charge in [0.05, 0.1) is 12.4 Å². The smallest absolute Gasteiger partial charge is 0.242 e. The molecule has 0 bridgehead atoms. The van der Waals surface area contributed by atoms with E-state index in [0.29, 0.717) is 35.7 Å². The van der Waals surface area contributed by atoms with Gasteiger partial charge in [0.25, 0.3) is 0 Å². The highest BCUT2D eigenvalue weighted by Gasteiger charge is 2.31. The monoisotopic (exact) mass is 664 g/mol. The first kappa shape index (κ1) is 33.7. The third-order valence-electron chi connectivity index (χ3n) is 6.76. The van der Waals surface area contributed by atoms with Crippen LogP contribution in [-0.4, -0.2) is 33.3 Å². The van der Waals surface area contributed by atoms with E-state index in [0.717, 1.165) is 24.8 Å². The van der Waals surface area contributed by atoms with Crippen molar-refractivity contribution in [3.63, 3.8) is 0 Å². The molecular weight excluding hydrogens is 627 g/mol. The van der Waals surface area contributed by atoms with Crippen LogP contribution in [0.15, 0.2) is 24.7 Å². The van der Waals surface area contributed by atoms with Gasteiger partial charge in [-0.15, -0.1) is 34.0 Å². The lowest BCUT2D eigenvalue weighted by atomic mass is 9.83. The molecule has 2 atom stereocenters. The molecule has 2 aromatic rings. The van der Waals surface area contributed by atoms with Crippen LogP contribution in [0.4, 0.5) is 10.2 Å². The van der Waals surface area contributed by atoms with Gasteiger partial charge in [0.2, 0.25) is 5.91 Å². The minimum atomic E-state index is -0.468. The Balaban J connectivity index is 0.00000342. The summed E-state index contributed by atoms with van der Waals surface area (Å²) in [5, 5.41) is 6.79. The lowest BCUT2D eigenvalue weighted by Gasteiger charge is -2.30. The molecule has 0 radical (unpaired) electrons. The van der Waals surface area contributed by atoms with Crippen molar-refractivity contribution in [2.75, 3.05) is 5.32 Å². The molecule has 3 rings (SSSR count). The van der Waals surface area contributed by atoms with Gasteiger partial charge in [-0.25, -0.2) is 9.37 Å². The second-order valence-corrected chi connectivity index (χ2v) is 11.7. The predicted octanol–water partition coefficient (Wildman–Crippen LogP) is 6.83. The maximum Gasteiger partial charge on any atom is 0.242 e. The Kier molecular flexibility index (Phi) is 12.5. The van der Waals surface area contributed by atoms with Crippen molar-refractivity contribution >= 4 is 63.1 Å². The maximum absolute atomic E-state index is 14.5. The van der Waals surface area contributed by atoms with Crippen molar-refractivity contribution < 1.29 is 14.0 Å². The number of hydrogen-bond donors (Lipinski definition) is 2. The molecule has 6 nitrogen and oxygen atoms in total. The van der Waals surface area contributed by atoms with Gasteiger partial charge < -0.3 is 15.2 Å². The molecule has 2 N–H and O–H groups in total. The van der Waals surface area contributed by atoms with Crippen molar-refractivity contribution in [1.29, 1.82) is 0 Å². The van der Waals surface area contributed by atoms with Crippen molar-refractivity contribution in [3.8, 4) is 0 Å². The summed E-state index contributed by atoms with van der Waals surface area (Å²) in [5.74, 6) is 0.169. The van der Waals surface area contributed by atoms with Crippen LogP contribution < -0.4 is 10.6 Å². The zero-order chi connectivity index (χ0) is 26.0. The van der Waals surface area contributed by atoms with E-state index in [2.05, 4.69) is 15.6 Å². The number of Topliss-reactive ketones (excluding diaryl/α,β-unsaturated/α-hetero) is 1. The quantitative estimate of drug-likeness (QED) is 0.308. The average molecular weight is 667 g/mol. The van der Waals surface area contributed by atoms with Crippen LogP contribution in [0, 0.1) is 11.2 Å². The fourth-order valence-electron chi connectivity index (χ4n) is 4.47. The molecule has 0 spiro atoms. The summed E-state index contributed by atoms with van der Waals surface area (Å²) in [4.78, 5) is 30.1. The van der Waals surface area contributed by atoms with E-state index >= 15 is 0 Å². The molecule has 208 valence electrons. The van der Waals surface area contributed by atoms with Gasteiger partial charge in [-0.3, -0.25) is 9.59 Å². The Bertz CT molecular complexity index is 1080. The number of imidazole rings is 1. The zero-order valence-electron chi connectivity index (χ0n) is 22.5. The fraction of sp³-hybridized carbons (Fsp3) is 0.593. The summed E-state index contributed by atoms with van der Waals surface area (Å²) in [6.45, 7) is 11.8. The Morgan fingerprint density at radius 2 is 1.89 bits per heavy atom. The largest absolute Gasteiger partial charge is 0.329 e. The summed E-state index contributed by atoms with van der Waals surface area (Å²) in [6.07, 6.45) is 7.33. The van der Waals surface area contributed by atoms with E-state index in [1.807, 2.05) is 52.2 Å². The van der Waals surface area contributed by atoms with E-state index in [-0.39, 0.29) is 57.5 Å². The molecule has 1 aliphatic rings. The number of halogens is 4. The molecule has 1 aromatic heterocycles. The van der Waals surface area contributed by atoms with E-state index < -0.39 is 17.0 Å². The SMILES string of the molecule is Br.Br.CCCC(NC1CCc2cc(Cl)cc(F)c2C1)C(=O)Nc1cn(C(C)(C)CC(=O)C(C)(C)C)cn1. The Labute approximate surface area is 246 Å². The standard InChI is InChI=1S/C27H38ClFN4O2.2BrH/c1-7-8-22(31-19-10-9-17-11-18(28)12-21(29)20(17)13-19)25(35)32-24-15-33(16-30-24)27(5,6)14-23(34)26(2,3)4;;/h11-12,15-16,19,22,31H,7-10,13-14H2,1-6H3,(H,32,35);2*1H. The normalized spacial score (nSPS) is 16.2. The number of nitrogens with zero attached hydrogens (tertiary/aromatic N) is 2. The van der Waals surface area contributed by atoms with Crippen molar-refractivity contribution in [1.82, 2.24) is 14.9 Å². The van der Waals surface area contributed by atoms with Crippen LogP contribution in [0.3, 0.4) is 0 Å². The van der Waals surface area contributed by atoms with Crippen LogP contribution in [0.5, 0.6) is 0 Å². The topological polar surface area (TPSA) is 76.0 Å². The number of nitrogens with one attached hydrogen (secondary N) is 2. The molecule has 1 amide bonds. The summed E-state index contributed by atoms with van der Waals surface area (Å²) < 4.78 is 16.3. The molecule has 37 heavy (non-hydrogen) atoms. The van der Waals surface area contributed by atoms with E-state index in [4.69, 9.17) is 11.6 Å². The first-order valence-electron chi connectivity index (χ1n) is 12.4. The molecule has 0 fully saturated rings. The Morgan fingerprint density at radius 3 is 2.51 bits per heavy atom. The van der Waals surface area contributed by atoms with Crippen LogP contribution in [0.1, 0.15) is 78.4 Å². The van der Waals surface area contributed by atoms with Crippen molar-refractivity contribution in [2.45, 2.75) is 97.7 Å². The number of amides is 1. The van der Waals surface area contributed by atoms with Crippen LogP contribution >= 0.6 is 45.6 Å². The van der Waals surface area contributed by atoms with Crippen LogP contribution in [0.25, 0.3) is 0 Å². The van der Waals surface area contributed by atoms with Gasteiger partial charge in [0.15, 0.2) is 5.82 Å². The first-order chi connectivity index (χ1) is 16.3. The molecule has 0 saturated heterocycles. The number of aromatic nitrogens is 2. The minimum Gasteiger partial charge on any atom is -0.329 e. The van der Waals surface area contributed by atoms with Gasteiger partial charge in [-0.1, -0.05) is 45.7 Å². The predicted molar refractivity (Wildman–Crippen MR) is 159 cm³/mol. The zero-order valence-corrected chi connectivity index (χ0v) is 26.7. The number of anilines is 1. The number of benzene rings is 1. The molecule has 2 unspecified atom stereocenters. The first-order valence-corrected chi connectivity index (χ1v) is 12.8. The summed E-state index contributed by atoms with van der Waals surface area (Å²) in [5.41, 5.74) is 0.745. The van der Waals surface area contributed by atoms with E-state index in [1.54, 1.807) is 12.5 Å². The molecule has 10 heteroatoms.